The normalized spacial score (nSPS) is 11.2. The number of hydrogen-bond donors (Lipinski definition) is 1. The summed E-state index contributed by atoms with van der Waals surface area (Å²) in [5.41, 5.74) is 2.28. The number of methoxy groups -OCH3 is 2. The van der Waals surface area contributed by atoms with Crippen molar-refractivity contribution in [3.8, 4) is 23.0 Å². The van der Waals surface area contributed by atoms with Gasteiger partial charge in [-0.05, 0) is 35.2 Å². The van der Waals surface area contributed by atoms with E-state index in [2.05, 4.69) is 36.3 Å². The van der Waals surface area contributed by atoms with Gasteiger partial charge in [0.15, 0.2) is 0 Å². The van der Waals surface area contributed by atoms with Gasteiger partial charge in [-0.3, -0.25) is 10.1 Å². The number of nitrogens with one attached hydrogen (secondary N) is 1. The number of carbonyl (C=O) groups excluding carboxylic acids is 1. The van der Waals surface area contributed by atoms with E-state index < -0.39 is 0 Å². The first kappa shape index (κ1) is 19.4. The van der Waals surface area contributed by atoms with E-state index in [0.717, 1.165) is 5.56 Å². The lowest BCUT2D eigenvalue weighted by Gasteiger charge is -2.18. The Labute approximate surface area is 163 Å². The van der Waals surface area contributed by atoms with E-state index in [9.17, 15) is 4.79 Å². The molecule has 0 bridgehead atoms. The molecule has 7 nitrogen and oxygen atoms in total. The summed E-state index contributed by atoms with van der Waals surface area (Å²) in [5.74, 6) is 1.08. The number of rotatable bonds is 5. The quantitative estimate of drug-likeness (QED) is 0.709. The summed E-state index contributed by atoms with van der Waals surface area (Å²) < 4.78 is 16.1. The zero-order valence-corrected chi connectivity index (χ0v) is 16.6. The van der Waals surface area contributed by atoms with Crippen LogP contribution in [-0.2, 0) is 5.41 Å². The van der Waals surface area contributed by atoms with Crippen LogP contribution in [0.25, 0.3) is 11.5 Å². The summed E-state index contributed by atoms with van der Waals surface area (Å²) in [5, 5.41) is 10.5. The Morgan fingerprint density at radius 2 is 1.71 bits per heavy atom. The third-order valence-corrected chi connectivity index (χ3v) is 4.30. The van der Waals surface area contributed by atoms with Crippen LogP contribution in [0.2, 0.25) is 0 Å². The van der Waals surface area contributed by atoms with Crippen LogP contribution in [0.5, 0.6) is 11.5 Å². The highest BCUT2D eigenvalue weighted by Gasteiger charge is 2.18. The first-order valence-corrected chi connectivity index (χ1v) is 8.79. The molecule has 1 heterocycles. The first-order valence-electron chi connectivity index (χ1n) is 8.79. The van der Waals surface area contributed by atoms with Crippen molar-refractivity contribution < 1.29 is 18.7 Å². The largest absolute Gasteiger partial charge is 0.497 e. The van der Waals surface area contributed by atoms with Gasteiger partial charge in [-0.15, -0.1) is 5.10 Å². The van der Waals surface area contributed by atoms with Gasteiger partial charge in [0.1, 0.15) is 11.5 Å². The zero-order valence-electron chi connectivity index (χ0n) is 16.6. The highest BCUT2D eigenvalue weighted by molar-refractivity contribution is 6.03. The molecule has 0 saturated heterocycles. The lowest BCUT2D eigenvalue weighted by molar-refractivity contribution is 0.102. The Balaban J connectivity index is 1.77. The van der Waals surface area contributed by atoms with Gasteiger partial charge in [0.25, 0.3) is 11.8 Å². The van der Waals surface area contributed by atoms with Crippen LogP contribution in [-0.4, -0.2) is 30.3 Å². The van der Waals surface area contributed by atoms with Crippen molar-refractivity contribution in [3.05, 3.63) is 53.6 Å². The van der Waals surface area contributed by atoms with Gasteiger partial charge in [-0.25, -0.2) is 0 Å². The van der Waals surface area contributed by atoms with E-state index in [1.165, 1.54) is 0 Å². The summed E-state index contributed by atoms with van der Waals surface area (Å²) in [6.07, 6.45) is 0. The smallest absolute Gasteiger partial charge is 0.322 e. The molecule has 3 rings (SSSR count). The van der Waals surface area contributed by atoms with Crippen molar-refractivity contribution in [1.82, 2.24) is 10.2 Å². The Bertz CT molecular complexity index is 972. The maximum atomic E-state index is 12.4. The predicted molar refractivity (Wildman–Crippen MR) is 106 cm³/mol. The van der Waals surface area contributed by atoms with Crippen LogP contribution < -0.4 is 14.8 Å². The van der Waals surface area contributed by atoms with E-state index in [4.69, 9.17) is 13.9 Å². The molecule has 0 fully saturated rings. The molecular weight excluding hydrogens is 358 g/mol. The Kier molecular flexibility index (Phi) is 5.35. The maximum Gasteiger partial charge on any atom is 0.322 e. The molecule has 146 valence electrons. The molecule has 3 aromatic rings. The second-order valence-electron chi connectivity index (χ2n) is 7.26. The molecule has 1 amide bonds. The summed E-state index contributed by atoms with van der Waals surface area (Å²) in [4.78, 5) is 12.4. The number of ether oxygens (including phenoxy) is 2. The predicted octanol–water partition coefficient (Wildman–Crippen LogP) is 4.30. The van der Waals surface area contributed by atoms with Crippen molar-refractivity contribution >= 4 is 11.9 Å². The molecule has 0 aliphatic heterocycles. The van der Waals surface area contributed by atoms with Crippen LogP contribution in [0.4, 0.5) is 6.01 Å². The minimum Gasteiger partial charge on any atom is -0.497 e. The monoisotopic (exact) mass is 381 g/mol. The van der Waals surface area contributed by atoms with Crippen molar-refractivity contribution in [3.63, 3.8) is 0 Å². The molecule has 0 aliphatic carbocycles. The second kappa shape index (κ2) is 7.72. The van der Waals surface area contributed by atoms with Crippen molar-refractivity contribution in [2.24, 2.45) is 0 Å². The molecule has 0 radical (unpaired) electrons. The van der Waals surface area contributed by atoms with E-state index in [0.29, 0.717) is 22.6 Å². The fourth-order valence-corrected chi connectivity index (χ4v) is 2.65. The highest BCUT2D eigenvalue weighted by atomic mass is 16.5. The molecule has 7 heteroatoms. The molecule has 0 atom stereocenters. The fraction of sp³-hybridized carbons (Fsp3) is 0.286. The van der Waals surface area contributed by atoms with Crippen LogP contribution >= 0.6 is 0 Å². The molecule has 1 N–H and O–H groups in total. The van der Waals surface area contributed by atoms with Crippen LogP contribution in [0.15, 0.2) is 46.9 Å². The number of amides is 1. The van der Waals surface area contributed by atoms with Crippen molar-refractivity contribution in [2.75, 3.05) is 19.5 Å². The fourth-order valence-electron chi connectivity index (χ4n) is 2.65. The summed E-state index contributed by atoms with van der Waals surface area (Å²) in [6, 6.07) is 12.7. The van der Waals surface area contributed by atoms with Gasteiger partial charge in [0.2, 0.25) is 0 Å². The zero-order chi connectivity index (χ0) is 20.3. The van der Waals surface area contributed by atoms with Gasteiger partial charge in [-0.2, -0.15) is 0 Å². The summed E-state index contributed by atoms with van der Waals surface area (Å²) in [7, 11) is 3.11. The standard InChI is InChI=1S/C21H23N3O4/c1-21(2,3)14-8-6-13(7-9-14)18(25)22-20-24-23-19(28-20)16-11-10-15(26-4)12-17(16)27-5/h6-12H,1-5H3,(H,22,24,25). The molecule has 28 heavy (non-hydrogen) atoms. The second-order valence-corrected chi connectivity index (χ2v) is 7.26. The minimum absolute atomic E-state index is 0.0118. The van der Waals surface area contributed by atoms with Crippen LogP contribution in [0, 0.1) is 0 Å². The molecule has 1 aromatic heterocycles. The highest BCUT2D eigenvalue weighted by Crippen LogP contribution is 2.33. The number of nitrogens with zero attached hydrogens (tertiary/aromatic N) is 2. The minimum atomic E-state index is -0.322. The number of benzene rings is 2. The van der Waals surface area contributed by atoms with E-state index in [-0.39, 0.29) is 23.2 Å². The maximum absolute atomic E-state index is 12.4. The lowest BCUT2D eigenvalue weighted by Crippen LogP contribution is -2.14. The number of carbonyl (C=O) groups is 1. The average Bonchev–Trinajstić information content (AvgIpc) is 3.15. The molecule has 0 aliphatic rings. The Morgan fingerprint density at radius 1 is 1.00 bits per heavy atom. The average molecular weight is 381 g/mol. The summed E-state index contributed by atoms with van der Waals surface area (Å²) in [6.45, 7) is 6.36. The van der Waals surface area contributed by atoms with Gasteiger partial charge >= 0.3 is 6.01 Å². The van der Waals surface area contributed by atoms with Crippen molar-refractivity contribution in [2.45, 2.75) is 26.2 Å². The third kappa shape index (κ3) is 4.14. The van der Waals surface area contributed by atoms with Crippen molar-refractivity contribution in [1.29, 1.82) is 0 Å². The van der Waals surface area contributed by atoms with Crippen LogP contribution in [0.1, 0.15) is 36.7 Å². The topological polar surface area (TPSA) is 86.5 Å². The van der Waals surface area contributed by atoms with Gasteiger partial charge in [-0.1, -0.05) is 38.0 Å². The number of hydrogen-bond acceptors (Lipinski definition) is 6. The SMILES string of the molecule is COc1ccc(-c2nnc(NC(=O)c3ccc(C(C)(C)C)cc3)o2)c(OC)c1. The van der Waals surface area contributed by atoms with E-state index in [1.807, 2.05) is 12.1 Å². The first-order chi connectivity index (χ1) is 13.3. The van der Waals surface area contributed by atoms with E-state index in [1.54, 1.807) is 44.6 Å². The number of anilines is 1. The van der Waals surface area contributed by atoms with Gasteiger partial charge in [0.05, 0.1) is 19.8 Å². The molecular formula is C21H23N3O4. The van der Waals surface area contributed by atoms with Gasteiger partial charge in [0, 0.05) is 11.6 Å². The Morgan fingerprint density at radius 3 is 2.32 bits per heavy atom. The molecule has 2 aromatic carbocycles. The van der Waals surface area contributed by atoms with Gasteiger partial charge < -0.3 is 13.9 Å². The molecule has 0 unspecified atom stereocenters. The Hall–Kier alpha value is -3.35. The lowest BCUT2D eigenvalue weighted by atomic mass is 9.87. The van der Waals surface area contributed by atoms with Crippen LogP contribution in [0.3, 0.4) is 0 Å². The third-order valence-electron chi connectivity index (χ3n) is 4.30. The molecule has 0 spiro atoms. The summed E-state index contributed by atoms with van der Waals surface area (Å²) >= 11 is 0. The molecule has 0 saturated carbocycles. The number of aromatic nitrogens is 2. The van der Waals surface area contributed by atoms with E-state index >= 15 is 0 Å².